The van der Waals surface area contributed by atoms with E-state index in [0.717, 1.165) is 35.0 Å². The van der Waals surface area contributed by atoms with E-state index in [2.05, 4.69) is 18.8 Å². The van der Waals surface area contributed by atoms with Gasteiger partial charge in [-0.3, -0.25) is 14.5 Å². The molecule has 32 heavy (non-hydrogen) atoms. The standard InChI is InChI=1S/C26H24N2O3S/c1-4-18-10-8-11-19(5-2)25(18)28(17(3)29)26-27-21(16-32-26)13-14-22(30)24-15-20-9-6-7-12-23(20)31-24/h6-16H,4-5H2,1-3H3/b14-13+. The molecular weight excluding hydrogens is 420 g/mol. The molecule has 0 spiro atoms. The van der Waals surface area contributed by atoms with Crippen molar-refractivity contribution in [3.05, 3.63) is 82.6 Å². The van der Waals surface area contributed by atoms with E-state index in [-0.39, 0.29) is 17.5 Å². The first-order valence-corrected chi connectivity index (χ1v) is 11.5. The number of hydrogen-bond donors (Lipinski definition) is 0. The van der Waals surface area contributed by atoms with Gasteiger partial charge in [-0.05, 0) is 48.3 Å². The fourth-order valence-electron chi connectivity index (χ4n) is 3.69. The molecule has 0 aliphatic rings. The predicted octanol–water partition coefficient (Wildman–Crippen LogP) is 6.59. The monoisotopic (exact) mass is 444 g/mol. The van der Waals surface area contributed by atoms with Crippen LogP contribution in [-0.4, -0.2) is 16.7 Å². The minimum Gasteiger partial charge on any atom is -0.453 e. The summed E-state index contributed by atoms with van der Waals surface area (Å²) < 4.78 is 5.63. The lowest BCUT2D eigenvalue weighted by Gasteiger charge is -2.24. The Morgan fingerprint density at radius 3 is 2.44 bits per heavy atom. The van der Waals surface area contributed by atoms with Gasteiger partial charge < -0.3 is 4.42 Å². The second-order valence-electron chi connectivity index (χ2n) is 7.39. The van der Waals surface area contributed by atoms with Crippen LogP contribution in [0, 0.1) is 0 Å². The minimum absolute atomic E-state index is 0.0937. The Morgan fingerprint density at radius 2 is 1.78 bits per heavy atom. The number of aromatic nitrogens is 1. The highest BCUT2D eigenvalue weighted by molar-refractivity contribution is 7.14. The number of hydrogen-bond acceptors (Lipinski definition) is 5. The number of nitrogens with zero attached hydrogens (tertiary/aromatic N) is 2. The van der Waals surface area contributed by atoms with Gasteiger partial charge in [-0.25, -0.2) is 4.98 Å². The number of aryl methyl sites for hydroxylation is 2. The second-order valence-corrected chi connectivity index (χ2v) is 8.22. The first kappa shape index (κ1) is 21.7. The summed E-state index contributed by atoms with van der Waals surface area (Å²) in [5.41, 5.74) is 4.42. The summed E-state index contributed by atoms with van der Waals surface area (Å²) in [7, 11) is 0. The van der Waals surface area contributed by atoms with Crippen LogP contribution < -0.4 is 4.90 Å². The number of rotatable bonds is 7. The van der Waals surface area contributed by atoms with Crippen molar-refractivity contribution in [2.24, 2.45) is 0 Å². The summed E-state index contributed by atoms with van der Waals surface area (Å²) >= 11 is 1.38. The number of thiazole rings is 1. The van der Waals surface area contributed by atoms with Gasteiger partial charge in [-0.15, -0.1) is 11.3 Å². The Labute approximate surface area is 191 Å². The molecular formula is C26H24N2O3S. The van der Waals surface area contributed by atoms with E-state index in [1.807, 2.05) is 47.8 Å². The number of allylic oxidation sites excluding steroid dienone is 1. The normalized spacial score (nSPS) is 11.3. The van der Waals surface area contributed by atoms with Gasteiger partial charge in [0, 0.05) is 17.7 Å². The molecule has 6 heteroatoms. The summed E-state index contributed by atoms with van der Waals surface area (Å²) in [4.78, 5) is 31.5. The van der Waals surface area contributed by atoms with Crippen molar-refractivity contribution in [2.75, 3.05) is 4.90 Å². The summed E-state index contributed by atoms with van der Waals surface area (Å²) in [6, 6.07) is 15.4. The maximum Gasteiger partial charge on any atom is 0.230 e. The number of benzene rings is 2. The van der Waals surface area contributed by atoms with Crippen LogP contribution in [0.25, 0.3) is 17.0 Å². The molecule has 5 nitrogen and oxygen atoms in total. The molecule has 0 bridgehead atoms. The van der Waals surface area contributed by atoms with Gasteiger partial charge in [0.05, 0.1) is 11.4 Å². The zero-order valence-corrected chi connectivity index (χ0v) is 19.1. The Kier molecular flexibility index (Phi) is 6.32. The molecule has 2 heterocycles. The SMILES string of the molecule is CCc1cccc(CC)c1N(C(C)=O)c1nc(/C=C/C(=O)c2cc3ccccc3o2)cs1. The van der Waals surface area contributed by atoms with Gasteiger partial charge in [0.2, 0.25) is 11.7 Å². The summed E-state index contributed by atoms with van der Waals surface area (Å²) in [5.74, 6) is -0.0414. The van der Waals surface area contributed by atoms with Crippen LogP contribution in [-0.2, 0) is 17.6 Å². The molecule has 0 saturated carbocycles. The zero-order valence-electron chi connectivity index (χ0n) is 18.3. The Balaban J connectivity index is 1.62. The summed E-state index contributed by atoms with van der Waals surface area (Å²) in [5, 5.41) is 3.32. The quantitative estimate of drug-likeness (QED) is 0.238. The molecule has 4 aromatic rings. The van der Waals surface area contributed by atoms with Crippen LogP contribution in [0.1, 0.15) is 48.1 Å². The molecule has 2 aromatic heterocycles. The lowest BCUT2D eigenvalue weighted by atomic mass is 10.0. The number of para-hydroxylation sites is 2. The van der Waals surface area contributed by atoms with Crippen molar-refractivity contribution in [1.29, 1.82) is 0 Å². The number of anilines is 2. The van der Waals surface area contributed by atoms with E-state index in [1.165, 1.54) is 17.4 Å². The third-order valence-electron chi connectivity index (χ3n) is 5.28. The topological polar surface area (TPSA) is 63.4 Å². The van der Waals surface area contributed by atoms with Crippen molar-refractivity contribution in [3.8, 4) is 0 Å². The molecule has 1 amide bonds. The highest BCUT2D eigenvalue weighted by Crippen LogP contribution is 2.35. The van der Waals surface area contributed by atoms with E-state index >= 15 is 0 Å². The van der Waals surface area contributed by atoms with Crippen LogP contribution in [0.4, 0.5) is 10.8 Å². The Morgan fingerprint density at radius 1 is 1.06 bits per heavy atom. The van der Waals surface area contributed by atoms with Gasteiger partial charge in [0.15, 0.2) is 10.9 Å². The lowest BCUT2D eigenvalue weighted by molar-refractivity contribution is -0.115. The number of furan rings is 1. The van der Waals surface area contributed by atoms with Crippen molar-refractivity contribution in [1.82, 2.24) is 4.98 Å². The molecule has 0 fully saturated rings. The number of amides is 1. The van der Waals surface area contributed by atoms with Gasteiger partial charge in [-0.2, -0.15) is 0 Å². The van der Waals surface area contributed by atoms with E-state index in [1.54, 1.807) is 24.0 Å². The van der Waals surface area contributed by atoms with Crippen LogP contribution in [0.3, 0.4) is 0 Å². The highest BCUT2D eigenvalue weighted by atomic mass is 32.1. The number of ketones is 1. The molecule has 0 N–H and O–H groups in total. The number of carbonyl (C=O) groups excluding carboxylic acids is 2. The van der Waals surface area contributed by atoms with Gasteiger partial charge in [-0.1, -0.05) is 50.2 Å². The van der Waals surface area contributed by atoms with Crippen LogP contribution in [0.2, 0.25) is 0 Å². The van der Waals surface area contributed by atoms with Gasteiger partial charge in [0.25, 0.3) is 0 Å². The van der Waals surface area contributed by atoms with Crippen LogP contribution in [0.15, 0.2) is 64.4 Å². The van der Waals surface area contributed by atoms with Crippen LogP contribution in [0.5, 0.6) is 0 Å². The minimum atomic E-state index is -0.233. The number of fused-ring (bicyclic) bond motifs is 1. The molecule has 162 valence electrons. The van der Waals surface area contributed by atoms with E-state index in [0.29, 0.717) is 16.4 Å². The molecule has 2 aromatic carbocycles. The lowest BCUT2D eigenvalue weighted by Crippen LogP contribution is -2.25. The third kappa shape index (κ3) is 4.27. The average Bonchev–Trinajstić information content (AvgIpc) is 3.44. The first-order valence-electron chi connectivity index (χ1n) is 10.6. The van der Waals surface area contributed by atoms with Crippen LogP contribution >= 0.6 is 11.3 Å². The van der Waals surface area contributed by atoms with E-state index in [4.69, 9.17) is 4.42 Å². The molecule has 0 atom stereocenters. The van der Waals surface area contributed by atoms with Crippen molar-refractivity contribution >= 4 is 50.9 Å². The van der Waals surface area contributed by atoms with E-state index in [9.17, 15) is 9.59 Å². The molecule has 0 aliphatic carbocycles. The van der Waals surface area contributed by atoms with Gasteiger partial charge in [0.1, 0.15) is 5.58 Å². The fourth-order valence-corrected chi connectivity index (χ4v) is 4.53. The smallest absolute Gasteiger partial charge is 0.230 e. The highest BCUT2D eigenvalue weighted by Gasteiger charge is 2.22. The van der Waals surface area contributed by atoms with Crippen molar-refractivity contribution in [2.45, 2.75) is 33.6 Å². The molecule has 0 aliphatic heterocycles. The molecule has 4 rings (SSSR count). The summed E-state index contributed by atoms with van der Waals surface area (Å²) in [6.45, 7) is 5.71. The molecule has 0 saturated heterocycles. The Bertz CT molecular complexity index is 1260. The van der Waals surface area contributed by atoms with Crippen molar-refractivity contribution < 1.29 is 14.0 Å². The predicted molar refractivity (Wildman–Crippen MR) is 130 cm³/mol. The van der Waals surface area contributed by atoms with E-state index < -0.39 is 0 Å². The van der Waals surface area contributed by atoms with Crippen molar-refractivity contribution in [3.63, 3.8) is 0 Å². The first-order chi connectivity index (χ1) is 15.5. The second kappa shape index (κ2) is 9.32. The molecule has 0 unspecified atom stereocenters. The number of carbonyl (C=O) groups is 2. The fraction of sp³-hybridized carbons (Fsp3) is 0.192. The average molecular weight is 445 g/mol. The Hall–Kier alpha value is -3.51. The third-order valence-corrected chi connectivity index (χ3v) is 6.12. The maximum absolute atomic E-state index is 12.6. The summed E-state index contributed by atoms with van der Waals surface area (Å²) in [6.07, 6.45) is 4.74. The maximum atomic E-state index is 12.6. The zero-order chi connectivity index (χ0) is 22.7. The largest absolute Gasteiger partial charge is 0.453 e. The van der Waals surface area contributed by atoms with Gasteiger partial charge >= 0.3 is 0 Å². The molecule has 0 radical (unpaired) electrons.